The first kappa shape index (κ1) is 15.1. The van der Waals surface area contributed by atoms with E-state index in [1.165, 1.54) is 18.4 Å². The molecule has 116 valence electrons. The summed E-state index contributed by atoms with van der Waals surface area (Å²) in [5.41, 5.74) is 1.38. The smallest absolute Gasteiger partial charge is 0.101 e. The molecule has 1 heteroatoms. The van der Waals surface area contributed by atoms with Crippen molar-refractivity contribution >= 4 is 0 Å². The average Bonchev–Trinajstić information content (AvgIpc) is 2.79. The predicted molar refractivity (Wildman–Crippen MR) is 88.1 cm³/mol. The minimum Gasteiger partial charge on any atom is -0.369 e. The molecule has 3 rings (SSSR count). The van der Waals surface area contributed by atoms with E-state index in [1.807, 2.05) is 0 Å². The van der Waals surface area contributed by atoms with Gasteiger partial charge in [0.1, 0.15) is 5.60 Å². The predicted octanol–water partition coefficient (Wildman–Crippen LogP) is 5.26. The molecule has 1 aromatic rings. The second-order valence-electron chi connectivity index (χ2n) is 8.46. The fourth-order valence-corrected chi connectivity index (χ4v) is 4.92. The van der Waals surface area contributed by atoms with E-state index in [9.17, 15) is 0 Å². The first-order chi connectivity index (χ1) is 9.86. The maximum Gasteiger partial charge on any atom is 0.101 e. The summed E-state index contributed by atoms with van der Waals surface area (Å²) in [5, 5.41) is 0. The molecule has 5 atom stereocenters. The summed E-state index contributed by atoms with van der Waals surface area (Å²) >= 11 is 0. The van der Waals surface area contributed by atoms with E-state index in [2.05, 4.69) is 65.0 Å². The molecule has 0 radical (unpaired) electrons. The normalized spacial score (nSPS) is 40.0. The molecule has 0 amide bonds. The maximum absolute atomic E-state index is 6.63. The molecule has 2 fully saturated rings. The van der Waals surface area contributed by atoms with Gasteiger partial charge in [0.15, 0.2) is 0 Å². The van der Waals surface area contributed by atoms with Crippen LogP contribution in [0.3, 0.4) is 0 Å². The minimum absolute atomic E-state index is 0.118. The summed E-state index contributed by atoms with van der Waals surface area (Å²) < 4.78 is 6.63. The molecule has 5 unspecified atom stereocenters. The zero-order chi connectivity index (χ0) is 15.3. The Morgan fingerprint density at radius 2 is 1.62 bits per heavy atom. The van der Waals surface area contributed by atoms with Gasteiger partial charge in [0.2, 0.25) is 0 Å². The molecule has 1 aliphatic heterocycles. The van der Waals surface area contributed by atoms with Crippen molar-refractivity contribution in [1.82, 2.24) is 0 Å². The van der Waals surface area contributed by atoms with Gasteiger partial charge in [-0.1, -0.05) is 65.0 Å². The lowest BCUT2D eigenvalue weighted by Gasteiger charge is -2.49. The van der Waals surface area contributed by atoms with Crippen molar-refractivity contribution < 1.29 is 4.74 Å². The van der Waals surface area contributed by atoms with Gasteiger partial charge in [-0.05, 0) is 47.5 Å². The molecule has 0 spiro atoms. The number of hydrogen-bond donors (Lipinski definition) is 0. The Hall–Kier alpha value is -0.820. The summed E-state index contributed by atoms with van der Waals surface area (Å²) in [6.45, 7) is 12.8. The van der Waals surface area contributed by atoms with Crippen LogP contribution >= 0.6 is 0 Å². The monoisotopic (exact) mass is 286 g/mol. The summed E-state index contributed by atoms with van der Waals surface area (Å²) in [6, 6.07) is 11.0. The molecule has 0 N–H and O–H groups in total. The fraction of sp³-hybridized carbons (Fsp3) is 0.700. The highest BCUT2D eigenvalue weighted by atomic mass is 16.5. The van der Waals surface area contributed by atoms with Crippen molar-refractivity contribution in [2.24, 2.45) is 29.1 Å². The van der Waals surface area contributed by atoms with E-state index in [1.54, 1.807) is 0 Å². The summed E-state index contributed by atoms with van der Waals surface area (Å²) in [4.78, 5) is 0. The molecular formula is C20H30O. The Bertz CT molecular complexity index is 486. The largest absolute Gasteiger partial charge is 0.369 e. The SMILES string of the molecule is CC1CC2COC(c3ccccc3)(C(C)(C)C)C2CC1C. The molecule has 1 aromatic carbocycles. The molecule has 0 aromatic heterocycles. The van der Waals surface area contributed by atoms with Crippen LogP contribution in [0.2, 0.25) is 0 Å². The number of ether oxygens (including phenoxy) is 1. The lowest BCUT2D eigenvalue weighted by atomic mass is 9.57. The van der Waals surface area contributed by atoms with Crippen molar-refractivity contribution in [2.45, 2.75) is 53.1 Å². The maximum atomic E-state index is 6.63. The molecule has 1 aliphatic carbocycles. The Labute approximate surface area is 130 Å². The van der Waals surface area contributed by atoms with Crippen LogP contribution in [0, 0.1) is 29.1 Å². The van der Waals surface area contributed by atoms with E-state index in [0.717, 1.165) is 24.4 Å². The highest BCUT2D eigenvalue weighted by molar-refractivity contribution is 5.28. The van der Waals surface area contributed by atoms with Gasteiger partial charge in [0.25, 0.3) is 0 Å². The zero-order valence-corrected chi connectivity index (χ0v) is 14.2. The van der Waals surface area contributed by atoms with Crippen molar-refractivity contribution in [1.29, 1.82) is 0 Å². The molecule has 21 heavy (non-hydrogen) atoms. The van der Waals surface area contributed by atoms with Crippen LogP contribution in [-0.4, -0.2) is 6.61 Å². The zero-order valence-electron chi connectivity index (χ0n) is 14.2. The topological polar surface area (TPSA) is 9.23 Å². The van der Waals surface area contributed by atoms with Gasteiger partial charge in [0, 0.05) is 0 Å². The van der Waals surface area contributed by atoms with Gasteiger partial charge in [-0.2, -0.15) is 0 Å². The van der Waals surface area contributed by atoms with Gasteiger partial charge in [-0.3, -0.25) is 0 Å². The third-order valence-corrected chi connectivity index (χ3v) is 6.20. The number of rotatable bonds is 1. The van der Waals surface area contributed by atoms with Crippen LogP contribution in [0.25, 0.3) is 0 Å². The Balaban J connectivity index is 2.06. The highest BCUT2D eigenvalue weighted by Gasteiger charge is 2.58. The number of benzene rings is 1. The van der Waals surface area contributed by atoms with E-state index in [0.29, 0.717) is 5.92 Å². The molecule has 2 aliphatic rings. The van der Waals surface area contributed by atoms with E-state index in [4.69, 9.17) is 4.74 Å². The summed E-state index contributed by atoms with van der Waals surface area (Å²) in [7, 11) is 0. The molecule has 1 heterocycles. The number of fused-ring (bicyclic) bond motifs is 1. The second kappa shape index (κ2) is 5.12. The summed E-state index contributed by atoms with van der Waals surface area (Å²) in [6.07, 6.45) is 2.63. The number of hydrogen-bond acceptors (Lipinski definition) is 1. The van der Waals surface area contributed by atoms with Crippen LogP contribution in [0.1, 0.15) is 53.0 Å². The van der Waals surface area contributed by atoms with Crippen LogP contribution in [-0.2, 0) is 10.3 Å². The first-order valence-corrected chi connectivity index (χ1v) is 8.55. The molecular weight excluding hydrogens is 256 g/mol. The summed E-state index contributed by atoms with van der Waals surface area (Å²) in [5.74, 6) is 3.03. The Kier molecular flexibility index (Phi) is 3.68. The van der Waals surface area contributed by atoms with Gasteiger partial charge in [-0.25, -0.2) is 0 Å². The average molecular weight is 286 g/mol. The van der Waals surface area contributed by atoms with Crippen LogP contribution in [0.4, 0.5) is 0 Å². The standard InChI is InChI=1S/C20H30O/c1-14-11-16-13-21-20(19(3,4)5,18(16)12-15(14)2)17-9-7-6-8-10-17/h6-10,14-16,18H,11-13H2,1-5H3. The third kappa shape index (κ3) is 2.25. The molecule has 1 saturated heterocycles. The molecule has 1 saturated carbocycles. The van der Waals surface area contributed by atoms with E-state index in [-0.39, 0.29) is 11.0 Å². The minimum atomic E-state index is -0.118. The van der Waals surface area contributed by atoms with Gasteiger partial charge in [0.05, 0.1) is 6.61 Å². The molecule has 1 nitrogen and oxygen atoms in total. The van der Waals surface area contributed by atoms with Crippen molar-refractivity contribution in [3.63, 3.8) is 0 Å². The van der Waals surface area contributed by atoms with E-state index >= 15 is 0 Å². The van der Waals surface area contributed by atoms with E-state index < -0.39 is 0 Å². The highest BCUT2D eigenvalue weighted by Crippen LogP contribution is 2.59. The van der Waals surface area contributed by atoms with Crippen molar-refractivity contribution in [2.75, 3.05) is 6.61 Å². The van der Waals surface area contributed by atoms with Crippen LogP contribution < -0.4 is 0 Å². The van der Waals surface area contributed by atoms with Crippen LogP contribution in [0.15, 0.2) is 30.3 Å². The lowest BCUT2D eigenvalue weighted by molar-refractivity contribution is -0.116. The van der Waals surface area contributed by atoms with Gasteiger partial charge >= 0.3 is 0 Å². The third-order valence-electron chi connectivity index (χ3n) is 6.20. The van der Waals surface area contributed by atoms with Gasteiger partial charge in [-0.15, -0.1) is 0 Å². The Morgan fingerprint density at radius 1 is 1.00 bits per heavy atom. The van der Waals surface area contributed by atoms with Crippen LogP contribution in [0.5, 0.6) is 0 Å². The van der Waals surface area contributed by atoms with Crippen molar-refractivity contribution in [3.8, 4) is 0 Å². The molecule has 0 bridgehead atoms. The fourth-order valence-electron chi connectivity index (χ4n) is 4.92. The van der Waals surface area contributed by atoms with Crippen molar-refractivity contribution in [3.05, 3.63) is 35.9 Å². The quantitative estimate of drug-likeness (QED) is 0.684. The Morgan fingerprint density at radius 3 is 2.24 bits per heavy atom. The second-order valence-corrected chi connectivity index (χ2v) is 8.46. The van der Waals surface area contributed by atoms with Gasteiger partial charge < -0.3 is 4.74 Å². The lowest BCUT2D eigenvalue weighted by Crippen LogP contribution is -2.48. The first-order valence-electron chi connectivity index (χ1n) is 8.55.